The number of nitrogens with one attached hydrogen (secondary N) is 4. The molecule has 5 aliphatic rings. The molecule has 4 aromatic rings. The summed E-state index contributed by atoms with van der Waals surface area (Å²) in [6, 6.07) is 16.0. The van der Waals surface area contributed by atoms with Crippen molar-refractivity contribution in [3.63, 3.8) is 0 Å². The second kappa shape index (κ2) is 14.4. The molecule has 14 nitrogen and oxygen atoms in total. The Bertz CT molecular complexity index is 2170. The van der Waals surface area contributed by atoms with Gasteiger partial charge in [-0.15, -0.1) is 0 Å². The first-order valence-electron chi connectivity index (χ1n) is 20.2. The van der Waals surface area contributed by atoms with Crippen LogP contribution < -0.4 is 10.6 Å². The number of rotatable bonds is 10. The van der Waals surface area contributed by atoms with Crippen LogP contribution in [0.15, 0.2) is 60.9 Å². The number of methoxy groups -OCH3 is 2. The third-order valence-electron chi connectivity index (χ3n) is 13.2. The maximum Gasteiger partial charge on any atom is 0.407 e. The van der Waals surface area contributed by atoms with E-state index in [1.165, 1.54) is 14.2 Å². The summed E-state index contributed by atoms with van der Waals surface area (Å²) in [7, 11) is 2.63. The first-order chi connectivity index (χ1) is 27.6. The monoisotopic (exact) mass is 774 g/mol. The Hall–Kier alpha value is -5.66. The van der Waals surface area contributed by atoms with Crippen LogP contribution in [0.1, 0.15) is 88.9 Å². The number of alkyl carbamates (subject to hydrolysis) is 2. The van der Waals surface area contributed by atoms with Crippen LogP contribution in [-0.2, 0) is 19.1 Å². The first kappa shape index (κ1) is 36.9. The summed E-state index contributed by atoms with van der Waals surface area (Å²) in [5, 5.41) is 5.56. The molecule has 7 unspecified atom stereocenters. The SMILES string of the molecule is COC(=O)NC(C(=O)N1C2CCC(C2)C1c1ncc(-c2ccc(-c3ccc(-c4cnc(C5C6CCC(C6)N5C(=O)C5(NC(=O)OC)CC5)[nH]4)cc3)cc2)[nH]1)C(C)C. The molecule has 4 heterocycles. The minimum Gasteiger partial charge on any atom is -0.453 e. The van der Waals surface area contributed by atoms with Crippen molar-refractivity contribution in [1.29, 1.82) is 0 Å². The zero-order valence-electron chi connectivity index (χ0n) is 32.8. The highest BCUT2D eigenvalue weighted by molar-refractivity contribution is 5.93. The number of imidazole rings is 2. The summed E-state index contributed by atoms with van der Waals surface area (Å²) >= 11 is 0. The number of amides is 4. The normalized spacial score (nSPS) is 25.8. The minimum absolute atomic E-state index is 0.0308. The smallest absolute Gasteiger partial charge is 0.407 e. The lowest BCUT2D eigenvalue weighted by Crippen LogP contribution is -2.54. The van der Waals surface area contributed by atoms with Gasteiger partial charge in [-0.25, -0.2) is 19.6 Å². The van der Waals surface area contributed by atoms with Crippen molar-refractivity contribution in [1.82, 2.24) is 40.4 Å². The number of aromatic amines is 2. The number of nitrogens with zero attached hydrogens (tertiary/aromatic N) is 4. The number of carbonyl (C=O) groups is 4. The van der Waals surface area contributed by atoms with Crippen molar-refractivity contribution < 1.29 is 28.7 Å². The van der Waals surface area contributed by atoms with E-state index in [9.17, 15) is 19.2 Å². The van der Waals surface area contributed by atoms with Crippen LogP contribution >= 0.6 is 0 Å². The number of hydrogen-bond donors (Lipinski definition) is 4. The van der Waals surface area contributed by atoms with Crippen molar-refractivity contribution in [2.24, 2.45) is 17.8 Å². The van der Waals surface area contributed by atoms with E-state index >= 15 is 0 Å². The number of hydrogen-bond acceptors (Lipinski definition) is 8. The maximum atomic E-state index is 13.9. The van der Waals surface area contributed by atoms with Crippen molar-refractivity contribution in [3.05, 3.63) is 72.6 Å². The molecule has 4 amide bonds. The van der Waals surface area contributed by atoms with E-state index in [0.29, 0.717) is 24.7 Å². The average molecular weight is 775 g/mol. The molecule has 3 saturated carbocycles. The van der Waals surface area contributed by atoms with Gasteiger partial charge in [0, 0.05) is 12.1 Å². The first-order valence-corrected chi connectivity index (χ1v) is 20.2. The van der Waals surface area contributed by atoms with Crippen LogP contribution in [0, 0.1) is 17.8 Å². The van der Waals surface area contributed by atoms with Crippen molar-refractivity contribution in [3.8, 4) is 33.6 Å². The lowest BCUT2D eigenvalue weighted by Gasteiger charge is -2.37. The molecule has 0 spiro atoms. The molecular formula is C43H50N8O6. The van der Waals surface area contributed by atoms with Crippen LogP contribution in [0.2, 0.25) is 0 Å². The number of carbonyl (C=O) groups excluding carboxylic acids is 4. The summed E-state index contributed by atoms with van der Waals surface area (Å²) in [5.41, 5.74) is 5.04. The molecule has 5 fully saturated rings. The molecule has 4 bridgehead atoms. The maximum absolute atomic E-state index is 13.9. The highest BCUT2D eigenvalue weighted by Crippen LogP contribution is 2.53. The van der Waals surface area contributed by atoms with Crippen molar-refractivity contribution in [2.75, 3.05) is 14.2 Å². The Morgan fingerprint density at radius 2 is 1.18 bits per heavy atom. The Balaban J connectivity index is 0.880. The number of piperidine rings is 2. The van der Waals surface area contributed by atoms with Crippen LogP contribution in [0.25, 0.3) is 33.6 Å². The van der Waals surface area contributed by atoms with Crippen molar-refractivity contribution in [2.45, 2.75) is 101 Å². The number of fused-ring (bicyclic) bond motifs is 4. The van der Waals surface area contributed by atoms with Crippen LogP contribution in [0.5, 0.6) is 0 Å². The molecule has 14 heteroatoms. The van der Waals surface area contributed by atoms with E-state index in [1.54, 1.807) is 0 Å². The summed E-state index contributed by atoms with van der Waals surface area (Å²) in [6.07, 6.45) is 9.65. The predicted octanol–water partition coefficient (Wildman–Crippen LogP) is 6.51. The molecule has 57 heavy (non-hydrogen) atoms. The Morgan fingerprint density at radius 1 is 0.702 bits per heavy atom. The molecule has 7 atom stereocenters. The van der Waals surface area contributed by atoms with E-state index in [-0.39, 0.29) is 41.9 Å². The third-order valence-corrected chi connectivity index (χ3v) is 13.2. The van der Waals surface area contributed by atoms with Gasteiger partial charge in [-0.05, 0) is 91.4 Å². The molecule has 298 valence electrons. The Labute approximate surface area is 331 Å². The standard InChI is InChI=1S/C43H50N8O6/c1-23(2)34(48-41(54)56-3)39(52)50-30-15-13-28(19-30)35(50)37-44-21-32(46-37)26-9-5-24(6-10-26)25-7-11-27(12-8-25)33-22-45-38(47-33)36-29-14-16-31(20-29)51(36)40(53)43(17-18-43)49-42(55)57-4/h5-12,21-23,28-31,34-36H,13-20H2,1-4H3,(H,44,46)(H,45,47)(H,48,54)(H,49,55). The van der Waals surface area contributed by atoms with Crippen LogP contribution in [0.4, 0.5) is 9.59 Å². The van der Waals surface area contributed by atoms with E-state index in [0.717, 1.165) is 83.8 Å². The molecule has 4 N–H and O–H groups in total. The predicted molar refractivity (Wildman–Crippen MR) is 210 cm³/mol. The minimum atomic E-state index is -0.872. The van der Waals surface area contributed by atoms with E-state index in [1.807, 2.05) is 36.0 Å². The average Bonchev–Trinajstić information content (AvgIpc) is 3.96. The highest BCUT2D eigenvalue weighted by Gasteiger charge is 2.60. The van der Waals surface area contributed by atoms with Gasteiger partial charge >= 0.3 is 12.2 Å². The van der Waals surface area contributed by atoms with E-state index in [2.05, 4.69) is 69.1 Å². The van der Waals surface area contributed by atoms with Gasteiger partial charge in [0.2, 0.25) is 11.8 Å². The van der Waals surface area contributed by atoms with Gasteiger partial charge in [0.25, 0.3) is 0 Å². The van der Waals surface area contributed by atoms with Gasteiger partial charge in [-0.3, -0.25) is 9.59 Å². The lowest BCUT2D eigenvalue weighted by atomic mass is 9.95. The third kappa shape index (κ3) is 6.52. The number of likely N-dealkylation sites (tertiary alicyclic amines) is 2. The number of H-pyrrole nitrogens is 2. The summed E-state index contributed by atoms with van der Waals surface area (Å²) in [4.78, 5) is 72.6. The fraction of sp³-hybridized carbons (Fsp3) is 0.488. The number of aromatic nitrogens is 4. The summed E-state index contributed by atoms with van der Waals surface area (Å²) in [6.45, 7) is 3.86. The molecule has 2 saturated heterocycles. The van der Waals surface area contributed by atoms with E-state index in [4.69, 9.17) is 19.4 Å². The fourth-order valence-electron chi connectivity index (χ4n) is 10.1. The lowest BCUT2D eigenvalue weighted by molar-refractivity contribution is -0.140. The molecule has 2 aromatic heterocycles. The Kier molecular flexibility index (Phi) is 9.32. The molecular weight excluding hydrogens is 725 g/mol. The van der Waals surface area contributed by atoms with Crippen LogP contribution in [-0.4, -0.2) is 91.6 Å². The van der Waals surface area contributed by atoms with Gasteiger partial charge in [-0.2, -0.15) is 0 Å². The van der Waals surface area contributed by atoms with Gasteiger partial charge < -0.3 is 39.9 Å². The number of benzene rings is 2. The zero-order chi connectivity index (χ0) is 39.6. The molecule has 3 aliphatic carbocycles. The van der Waals surface area contributed by atoms with Gasteiger partial charge in [-0.1, -0.05) is 62.4 Å². The summed E-state index contributed by atoms with van der Waals surface area (Å²) in [5.74, 6) is 1.99. The van der Waals surface area contributed by atoms with Gasteiger partial charge in [0.05, 0.1) is 50.1 Å². The van der Waals surface area contributed by atoms with Gasteiger partial charge in [0.1, 0.15) is 23.2 Å². The van der Waals surface area contributed by atoms with Crippen LogP contribution in [0.3, 0.4) is 0 Å². The van der Waals surface area contributed by atoms with Gasteiger partial charge in [0.15, 0.2) is 0 Å². The largest absolute Gasteiger partial charge is 0.453 e. The summed E-state index contributed by atoms with van der Waals surface area (Å²) < 4.78 is 9.63. The molecule has 0 radical (unpaired) electrons. The van der Waals surface area contributed by atoms with Crippen molar-refractivity contribution >= 4 is 24.0 Å². The molecule has 9 rings (SSSR count). The second-order valence-corrected chi connectivity index (χ2v) is 16.9. The molecule has 2 aliphatic heterocycles. The topological polar surface area (TPSA) is 175 Å². The molecule has 2 aromatic carbocycles. The zero-order valence-corrected chi connectivity index (χ0v) is 32.8. The Morgan fingerprint density at radius 3 is 1.65 bits per heavy atom. The number of ether oxygens (including phenoxy) is 2. The highest BCUT2D eigenvalue weighted by atomic mass is 16.5. The van der Waals surface area contributed by atoms with E-state index < -0.39 is 23.8 Å². The second-order valence-electron chi connectivity index (χ2n) is 16.9. The fourth-order valence-corrected chi connectivity index (χ4v) is 10.1. The quantitative estimate of drug-likeness (QED) is 0.141.